The van der Waals surface area contributed by atoms with Crippen molar-refractivity contribution in [3.63, 3.8) is 0 Å². The molecule has 1 amide bonds. The van der Waals surface area contributed by atoms with Crippen LogP contribution in [-0.2, 0) is 9.53 Å². The minimum atomic E-state index is -0.180. The molecule has 104 valence electrons. The summed E-state index contributed by atoms with van der Waals surface area (Å²) >= 11 is 3.23. The maximum Gasteiger partial charge on any atom is 0.305 e. The van der Waals surface area contributed by atoms with E-state index in [1.165, 1.54) is 7.11 Å². The number of rotatable bonds is 3. The topological polar surface area (TPSA) is 75.3 Å². The highest BCUT2D eigenvalue weighted by Gasteiger charge is 2.26. The van der Waals surface area contributed by atoms with Crippen LogP contribution in [0.25, 0.3) is 0 Å². The molecule has 0 aromatic carbocycles. The molecule has 0 saturated carbocycles. The number of amides is 1. The van der Waals surface area contributed by atoms with Gasteiger partial charge in [0.1, 0.15) is 4.60 Å². The van der Waals surface area contributed by atoms with Crippen molar-refractivity contribution in [3.8, 4) is 0 Å². The first kappa shape index (κ1) is 14.0. The lowest BCUT2D eigenvalue weighted by atomic mass is 9.93. The summed E-state index contributed by atoms with van der Waals surface area (Å²) in [4.78, 5) is 25.1. The van der Waals surface area contributed by atoms with E-state index in [1.807, 2.05) is 0 Å². The number of likely N-dealkylation sites (tertiary alicyclic amines) is 1. The summed E-state index contributed by atoms with van der Waals surface area (Å²) in [6.45, 7) is 1.32. The lowest BCUT2D eigenvalue weighted by Crippen LogP contribution is -2.39. The second kappa shape index (κ2) is 6.18. The Hall–Kier alpha value is -1.37. The van der Waals surface area contributed by atoms with Crippen molar-refractivity contribution in [1.82, 2.24) is 15.1 Å². The number of nitrogens with zero attached hydrogens (tertiary/aromatic N) is 2. The van der Waals surface area contributed by atoms with Gasteiger partial charge in [0, 0.05) is 25.6 Å². The van der Waals surface area contributed by atoms with Crippen molar-refractivity contribution in [3.05, 3.63) is 16.4 Å². The summed E-state index contributed by atoms with van der Waals surface area (Å²) in [6.07, 6.45) is 2.09. The SMILES string of the molecule is COC(=O)CC1CCN(C(=O)c2cc(Br)[nH]n2)CC1. The van der Waals surface area contributed by atoms with E-state index in [0.29, 0.717) is 35.7 Å². The van der Waals surface area contributed by atoms with Crippen molar-refractivity contribution < 1.29 is 14.3 Å². The highest BCUT2D eigenvalue weighted by atomic mass is 79.9. The van der Waals surface area contributed by atoms with Crippen LogP contribution in [0.2, 0.25) is 0 Å². The third-order valence-corrected chi connectivity index (χ3v) is 3.76. The van der Waals surface area contributed by atoms with Crippen molar-refractivity contribution in [2.45, 2.75) is 19.3 Å². The zero-order valence-electron chi connectivity index (χ0n) is 10.7. The first-order valence-corrected chi connectivity index (χ1v) is 6.96. The van der Waals surface area contributed by atoms with Crippen LogP contribution in [-0.4, -0.2) is 47.2 Å². The molecule has 1 aromatic heterocycles. The van der Waals surface area contributed by atoms with Gasteiger partial charge < -0.3 is 9.64 Å². The average Bonchev–Trinajstić information content (AvgIpc) is 2.85. The van der Waals surface area contributed by atoms with Gasteiger partial charge in [0.2, 0.25) is 0 Å². The van der Waals surface area contributed by atoms with Gasteiger partial charge in [-0.3, -0.25) is 14.7 Å². The molecule has 0 unspecified atom stereocenters. The zero-order valence-corrected chi connectivity index (χ0v) is 12.3. The number of piperidine rings is 1. The fourth-order valence-electron chi connectivity index (χ4n) is 2.23. The van der Waals surface area contributed by atoms with Crippen molar-refractivity contribution in [2.75, 3.05) is 20.2 Å². The van der Waals surface area contributed by atoms with Crippen LogP contribution in [0, 0.1) is 5.92 Å². The van der Waals surface area contributed by atoms with E-state index in [2.05, 4.69) is 30.9 Å². The maximum atomic E-state index is 12.1. The predicted octanol–water partition coefficient (Wildman–Crippen LogP) is 1.59. The fourth-order valence-corrected chi connectivity index (χ4v) is 2.53. The third kappa shape index (κ3) is 3.56. The molecule has 0 aliphatic carbocycles. The molecular formula is C12H16BrN3O3. The van der Waals surface area contributed by atoms with Gasteiger partial charge in [-0.15, -0.1) is 0 Å². The number of nitrogens with one attached hydrogen (secondary N) is 1. The van der Waals surface area contributed by atoms with E-state index in [-0.39, 0.29) is 11.9 Å². The van der Waals surface area contributed by atoms with Crippen molar-refractivity contribution in [2.24, 2.45) is 5.92 Å². The number of H-pyrrole nitrogens is 1. The zero-order chi connectivity index (χ0) is 13.8. The van der Waals surface area contributed by atoms with Crippen LogP contribution < -0.4 is 0 Å². The second-order valence-corrected chi connectivity index (χ2v) is 5.47. The monoisotopic (exact) mass is 329 g/mol. The van der Waals surface area contributed by atoms with E-state index in [1.54, 1.807) is 11.0 Å². The molecule has 1 aromatic rings. The molecule has 1 N–H and O–H groups in total. The first-order chi connectivity index (χ1) is 9.10. The molecule has 19 heavy (non-hydrogen) atoms. The molecule has 7 heteroatoms. The Morgan fingerprint density at radius 1 is 1.53 bits per heavy atom. The van der Waals surface area contributed by atoms with Gasteiger partial charge in [-0.25, -0.2) is 0 Å². The fraction of sp³-hybridized carbons (Fsp3) is 0.583. The van der Waals surface area contributed by atoms with E-state index < -0.39 is 0 Å². The van der Waals surface area contributed by atoms with E-state index in [9.17, 15) is 9.59 Å². The maximum absolute atomic E-state index is 12.1. The molecule has 1 fully saturated rings. The first-order valence-electron chi connectivity index (χ1n) is 6.17. The van der Waals surface area contributed by atoms with Gasteiger partial charge in [-0.2, -0.15) is 5.10 Å². The molecule has 2 rings (SSSR count). The number of halogens is 1. The quantitative estimate of drug-likeness (QED) is 0.854. The number of ether oxygens (including phenoxy) is 1. The Kier molecular flexibility index (Phi) is 4.57. The van der Waals surface area contributed by atoms with Crippen LogP contribution in [0.4, 0.5) is 0 Å². The molecule has 0 bridgehead atoms. The number of carbonyl (C=O) groups excluding carboxylic acids is 2. The second-order valence-electron chi connectivity index (χ2n) is 4.62. The van der Waals surface area contributed by atoms with Gasteiger partial charge in [0.05, 0.1) is 7.11 Å². The van der Waals surface area contributed by atoms with E-state index >= 15 is 0 Å². The van der Waals surface area contributed by atoms with Crippen LogP contribution in [0.5, 0.6) is 0 Å². The van der Waals surface area contributed by atoms with Crippen LogP contribution in [0.1, 0.15) is 29.8 Å². The standard InChI is InChI=1S/C12H16BrN3O3/c1-19-11(17)6-8-2-4-16(5-3-8)12(18)9-7-10(13)15-14-9/h7-8H,2-6H2,1H3,(H,14,15). The molecule has 1 aliphatic rings. The van der Waals surface area contributed by atoms with Gasteiger partial charge in [0.15, 0.2) is 5.69 Å². The number of hydrogen-bond acceptors (Lipinski definition) is 4. The van der Waals surface area contributed by atoms with E-state index in [4.69, 9.17) is 0 Å². The van der Waals surface area contributed by atoms with Gasteiger partial charge in [-0.1, -0.05) is 0 Å². The van der Waals surface area contributed by atoms with Crippen LogP contribution >= 0.6 is 15.9 Å². The normalized spacial score (nSPS) is 16.4. The minimum Gasteiger partial charge on any atom is -0.469 e. The Morgan fingerprint density at radius 3 is 2.74 bits per heavy atom. The number of hydrogen-bond donors (Lipinski definition) is 1. The Bertz CT molecular complexity index is 467. The van der Waals surface area contributed by atoms with Crippen molar-refractivity contribution >= 4 is 27.8 Å². The summed E-state index contributed by atoms with van der Waals surface area (Å²) < 4.78 is 5.35. The largest absolute Gasteiger partial charge is 0.469 e. The summed E-state index contributed by atoms with van der Waals surface area (Å²) in [7, 11) is 1.40. The number of esters is 1. The highest BCUT2D eigenvalue weighted by molar-refractivity contribution is 9.10. The molecule has 0 spiro atoms. The van der Waals surface area contributed by atoms with Crippen LogP contribution in [0.3, 0.4) is 0 Å². The number of carbonyl (C=O) groups is 2. The molecular weight excluding hydrogens is 314 g/mol. The van der Waals surface area contributed by atoms with Gasteiger partial charge >= 0.3 is 5.97 Å². The average molecular weight is 330 g/mol. The number of aromatic amines is 1. The number of methoxy groups -OCH3 is 1. The molecule has 2 heterocycles. The molecule has 0 atom stereocenters. The van der Waals surface area contributed by atoms with Gasteiger partial charge in [0.25, 0.3) is 5.91 Å². The lowest BCUT2D eigenvalue weighted by Gasteiger charge is -2.31. The lowest BCUT2D eigenvalue weighted by molar-refractivity contribution is -0.142. The third-order valence-electron chi connectivity index (χ3n) is 3.35. The molecule has 1 aliphatic heterocycles. The Balaban J connectivity index is 1.86. The Morgan fingerprint density at radius 2 is 2.21 bits per heavy atom. The summed E-state index contributed by atoms with van der Waals surface area (Å²) in [5.74, 6) is 0.0573. The minimum absolute atomic E-state index is 0.0709. The summed E-state index contributed by atoms with van der Waals surface area (Å²) in [6, 6.07) is 1.67. The van der Waals surface area contributed by atoms with Gasteiger partial charge in [-0.05, 0) is 34.7 Å². The highest BCUT2D eigenvalue weighted by Crippen LogP contribution is 2.22. The summed E-state index contributed by atoms with van der Waals surface area (Å²) in [5.41, 5.74) is 0.415. The van der Waals surface area contributed by atoms with Crippen LogP contribution in [0.15, 0.2) is 10.7 Å². The van der Waals surface area contributed by atoms with E-state index in [0.717, 1.165) is 12.8 Å². The Labute approximate surface area is 119 Å². The number of aromatic nitrogens is 2. The smallest absolute Gasteiger partial charge is 0.305 e. The van der Waals surface area contributed by atoms with Crippen molar-refractivity contribution in [1.29, 1.82) is 0 Å². The molecule has 0 radical (unpaired) electrons. The molecule has 1 saturated heterocycles. The summed E-state index contributed by atoms with van der Waals surface area (Å²) in [5, 5.41) is 6.62. The molecule has 6 nitrogen and oxygen atoms in total. The predicted molar refractivity (Wildman–Crippen MR) is 71.5 cm³/mol.